The van der Waals surface area contributed by atoms with Crippen LogP contribution in [0.2, 0.25) is 0 Å². The molecular weight excluding hydrogens is 244 g/mol. The van der Waals surface area contributed by atoms with Gasteiger partial charge in [0.25, 0.3) is 0 Å². The molecule has 1 fully saturated rings. The molecule has 1 rings (SSSR count). The second-order valence-electron chi connectivity index (χ2n) is 4.02. The molecule has 6 heteroatoms. The summed E-state index contributed by atoms with van der Waals surface area (Å²) in [7, 11) is -0.677. The Bertz CT molecular complexity index is 251. The van der Waals surface area contributed by atoms with Gasteiger partial charge in [0.15, 0.2) is 0 Å². The van der Waals surface area contributed by atoms with Crippen LogP contribution in [0.25, 0.3) is 0 Å². The number of amides is 1. The van der Waals surface area contributed by atoms with Crippen LogP contribution in [-0.4, -0.2) is 45.7 Å². The van der Waals surface area contributed by atoms with E-state index >= 15 is 0 Å². The van der Waals surface area contributed by atoms with Crippen LogP contribution in [-0.2, 0) is 15.6 Å². The maximum Gasteiger partial charge on any atom is 0.237 e. The summed E-state index contributed by atoms with van der Waals surface area (Å²) in [5.74, 6) is 2.24. The van der Waals surface area contributed by atoms with Gasteiger partial charge in [0, 0.05) is 28.3 Å². The fourth-order valence-electron chi connectivity index (χ4n) is 1.62. The lowest BCUT2D eigenvalue weighted by molar-refractivity contribution is -0.123. The third kappa shape index (κ3) is 4.84. The van der Waals surface area contributed by atoms with Crippen molar-refractivity contribution in [3.63, 3.8) is 0 Å². The van der Waals surface area contributed by atoms with Gasteiger partial charge in [-0.2, -0.15) is 11.8 Å². The standard InChI is InChI=1S/C10H20N2O2S2/c1-15-5-2-9(11)10(13)12-8-3-6-16(14)7-4-8/h8-9H,2-7,11H2,1H3,(H,12,13)/t8?,9-,16?/m0/s1. The van der Waals surface area contributed by atoms with E-state index in [0.717, 1.165) is 18.6 Å². The molecule has 94 valence electrons. The Hall–Kier alpha value is -0.0700. The van der Waals surface area contributed by atoms with Crippen molar-refractivity contribution in [2.45, 2.75) is 31.3 Å². The topological polar surface area (TPSA) is 72.2 Å². The molecule has 0 aromatic rings. The quantitative estimate of drug-likeness (QED) is 0.738. The molecule has 1 aliphatic rings. The SMILES string of the molecule is CSCC[C@H](N)C(=O)NC1CCS(=O)CC1. The third-order valence-electron chi connectivity index (χ3n) is 2.70. The molecule has 4 nitrogen and oxygen atoms in total. The zero-order valence-corrected chi connectivity index (χ0v) is 11.2. The van der Waals surface area contributed by atoms with Crippen LogP contribution >= 0.6 is 11.8 Å². The molecule has 16 heavy (non-hydrogen) atoms. The van der Waals surface area contributed by atoms with Crippen molar-refractivity contribution >= 4 is 28.5 Å². The Morgan fingerprint density at radius 1 is 1.56 bits per heavy atom. The fourth-order valence-corrected chi connectivity index (χ4v) is 3.41. The average Bonchev–Trinajstić information content (AvgIpc) is 2.29. The van der Waals surface area contributed by atoms with Gasteiger partial charge in [-0.05, 0) is 31.3 Å². The van der Waals surface area contributed by atoms with Crippen molar-refractivity contribution in [2.75, 3.05) is 23.5 Å². The zero-order chi connectivity index (χ0) is 12.0. The highest BCUT2D eigenvalue weighted by Crippen LogP contribution is 2.09. The molecule has 1 amide bonds. The summed E-state index contributed by atoms with van der Waals surface area (Å²) in [5, 5.41) is 2.94. The van der Waals surface area contributed by atoms with Crippen molar-refractivity contribution < 1.29 is 9.00 Å². The highest BCUT2D eigenvalue weighted by atomic mass is 32.2. The molecule has 1 heterocycles. The Labute approximate surface area is 104 Å². The number of rotatable bonds is 5. The Kier molecular flexibility index (Phi) is 6.38. The fraction of sp³-hybridized carbons (Fsp3) is 0.900. The summed E-state index contributed by atoms with van der Waals surface area (Å²) in [6.07, 6.45) is 4.34. The van der Waals surface area contributed by atoms with Crippen LogP contribution < -0.4 is 11.1 Å². The molecule has 0 aromatic heterocycles. The molecule has 1 atom stereocenters. The molecule has 1 saturated heterocycles. The first-order valence-corrected chi connectivity index (χ1v) is 8.41. The second-order valence-corrected chi connectivity index (χ2v) is 6.70. The zero-order valence-electron chi connectivity index (χ0n) is 9.61. The number of nitrogens with one attached hydrogen (secondary N) is 1. The predicted molar refractivity (Wildman–Crippen MR) is 70.0 cm³/mol. The van der Waals surface area contributed by atoms with Crippen LogP contribution in [0.4, 0.5) is 0 Å². The van der Waals surface area contributed by atoms with E-state index in [2.05, 4.69) is 5.32 Å². The molecule has 0 spiro atoms. The molecule has 0 saturated carbocycles. The van der Waals surface area contributed by atoms with E-state index in [1.165, 1.54) is 0 Å². The van der Waals surface area contributed by atoms with Crippen LogP contribution in [0.15, 0.2) is 0 Å². The predicted octanol–water partition coefficient (Wildman–Crippen LogP) is 0.0941. The maximum absolute atomic E-state index is 11.7. The van der Waals surface area contributed by atoms with Crippen molar-refractivity contribution in [3.8, 4) is 0 Å². The highest BCUT2D eigenvalue weighted by molar-refractivity contribution is 7.98. The number of carbonyl (C=O) groups excluding carboxylic acids is 1. The van der Waals surface area contributed by atoms with Gasteiger partial charge in [-0.1, -0.05) is 0 Å². The van der Waals surface area contributed by atoms with E-state index in [0.29, 0.717) is 17.9 Å². The second kappa shape index (κ2) is 7.29. The van der Waals surface area contributed by atoms with E-state index in [1.54, 1.807) is 11.8 Å². The summed E-state index contributed by atoms with van der Waals surface area (Å²) in [5.41, 5.74) is 5.76. The lowest BCUT2D eigenvalue weighted by Gasteiger charge is -2.24. The monoisotopic (exact) mass is 264 g/mol. The Balaban J connectivity index is 2.25. The number of carbonyl (C=O) groups is 1. The van der Waals surface area contributed by atoms with Gasteiger partial charge in [-0.25, -0.2) is 0 Å². The Morgan fingerprint density at radius 3 is 2.75 bits per heavy atom. The third-order valence-corrected chi connectivity index (χ3v) is 4.73. The lowest BCUT2D eigenvalue weighted by Crippen LogP contribution is -2.47. The van der Waals surface area contributed by atoms with Gasteiger partial charge in [-0.3, -0.25) is 9.00 Å². The average molecular weight is 264 g/mol. The molecule has 0 unspecified atom stereocenters. The summed E-state index contributed by atoms with van der Waals surface area (Å²) in [6.45, 7) is 0. The molecule has 0 bridgehead atoms. The van der Waals surface area contributed by atoms with Crippen LogP contribution in [0, 0.1) is 0 Å². The first-order valence-electron chi connectivity index (χ1n) is 5.53. The number of thioether (sulfide) groups is 1. The van der Waals surface area contributed by atoms with Gasteiger partial charge >= 0.3 is 0 Å². The highest BCUT2D eigenvalue weighted by Gasteiger charge is 2.21. The minimum Gasteiger partial charge on any atom is -0.352 e. The molecular formula is C10H20N2O2S2. The molecule has 0 radical (unpaired) electrons. The van der Waals surface area contributed by atoms with Crippen LogP contribution in [0.5, 0.6) is 0 Å². The van der Waals surface area contributed by atoms with E-state index < -0.39 is 16.8 Å². The van der Waals surface area contributed by atoms with Gasteiger partial charge in [0.1, 0.15) is 0 Å². The number of nitrogens with two attached hydrogens (primary N) is 1. The molecule has 1 aliphatic heterocycles. The molecule has 0 aromatic carbocycles. The van der Waals surface area contributed by atoms with Crippen LogP contribution in [0.1, 0.15) is 19.3 Å². The minimum atomic E-state index is -0.677. The smallest absolute Gasteiger partial charge is 0.237 e. The van der Waals surface area contributed by atoms with E-state index in [4.69, 9.17) is 5.73 Å². The van der Waals surface area contributed by atoms with E-state index in [1.807, 2.05) is 6.26 Å². The van der Waals surface area contributed by atoms with Crippen molar-refractivity contribution in [3.05, 3.63) is 0 Å². The summed E-state index contributed by atoms with van der Waals surface area (Å²) < 4.78 is 11.1. The lowest BCUT2D eigenvalue weighted by atomic mass is 10.1. The van der Waals surface area contributed by atoms with E-state index in [9.17, 15) is 9.00 Å². The van der Waals surface area contributed by atoms with Crippen molar-refractivity contribution in [2.24, 2.45) is 5.73 Å². The van der Waals surface area contributed by atoms with Gasteiger partial charge in [-0.15, -0.1) is 0 Å². The minimum absolute atomic E-state index is 0.0632. The van der Waals surface area contributed by atoms with Gasteiger partial charge in [0.2, 0.25) is 5.91 Å². The van der Waals surface area contributed by atoms with Crippen molar-refractivity contribution in [1.29, 1.82) is 0 Å². The number of hydrogen-bond donors (Lipinski definition) is 2. The van der Waals surface area contributed by atoms with Crippen LogP contribution in [0.3, 0.4) is 0 Å². The Morgan fingerprint density at radius 2 is 2.19 bits per heavy atom. The summed E-state index contributed by atoms with van der Waals surface area (Å²) >= 11 is 1.69. The maximum atomic E-state index is 11.7. The summed E-state index contributed by atoms with van der Waals surface area (Å²) in [4.78, 5) is 11.7. The first kappa shape index (κ1) is 14.0. The first-order chi connectivity index (χ1) is 7.63. The summed E-state index contributed by atoms with van der Waals surface area (Å²) in [6, 6.07) is -0.231. The van der Waals surface area contributed by atoms with Crippen molar-refractivity contribution in [1.82, 2.24) is 5.32 Å². The number of hydrogen-bond acceptors (Lipinski definition) is 4. The molecule has 0 aliphatic carbocycles. The van der Waals surface area contributed by atoms with E-state index in [-0.39, 0.29) is 11.9 Å². The van der Waals surface area contributed by atoms with Gasteiger partial charge < -0.3 is 11.1 Å². The van der Waals surface area contributed by atoms with Gasteiger partial charge in [0.05, 0.1) is 6.04 Å². The molecule has 3 N–H and O–H groups in total. The largest absolute Gasteiger partial charge is 0.352 e. The normalized spacial score (nSPS) is 27.4.